The Labute approximate surface area is 69.4 Å². The van der Waals surface area contributed by atoms with Gasteiger partial charge in [-0.15, -0.1) is 0 Å². The lowest BCUT2D eigenvalue weighted by atomic mass is 10.0. The third-order valence-electron chi connectivity index (χ3n) is 1.82. The normalized spacial score (nSPS) is 15.7. The highest BCUT2D eigenvalue weighted by Crippen LogP contribution is 2.07. The number of hydrogen-bond acceptors (Lipinski definition) is 1. The van der Waals surface area contributed by atoms with Gasteiger partial charge in [0.25, 0.3) is 0 Å². The molecule has 0 heterocycles. The molecule has 0 spiro atoms. The molecule has 0 aliphatic carbocycles. The van der Waals surface area contributed by atoms with E-state index in [1.54, 1.807) is 0 Å². The van der Waals surface area contributed by atoms with Crippen molar-refractivity contribution in [2.24, 2.45) is 5.92 Å². The molecule has 0 rings (SSSR count). The summed E-state index contributed by atoms with van der Waals surface area (Å²) in [6, 6.07) is 0. The van der Waals surface area contributed by atoms with Crippen molar-refractivity contribution >= 4 is 0 Å². The molecule has 0 saturated heterocycles. The molecule has 0 radical (unpaired) electrons. The molecule has 0 bridgehead atoms. The van der Waals surface area contributed by atoms with E-state index in [2.05, 4.69) is 19.9 Å². The molecule has 0 aromatic heterocycles. The van der Waals surface area contributed by atoms with Crippen LogP contribution in [0.25, 0.3) is 0 Å². The summed E-state index contributed by atoms with van der Waals surface area (Å²) >= 11 is 0. The first kappa shape index (κ1) is 10.3. The first-order chi connectivity index (χ1) is 5.20. The Morgan fingerprint density at radius 1 is 1.55 bits per heavy atom. The third kappa shape index (κ3) is 5.71. The maximum atomic E-state index is 8.54. The molecular weight excluding hydrogens is 136 g/mol. The molecule has 0 fully saturated rings. The molecule has 0 aliphatic rings. The van der Waals surface area contributed by atoms with Crippen molar-refractivity contribution in [2.45, 2.75) is 33.6 Å². The fourth-order valence-electron chi connectivity index (χ4n) is 0.696. The molecule has 1 N–H and O–H groups in total. The van der Waals surface area contributed by atoms with E-state index in [1.165, 1.54) is 6.42 Å². The van der Waals surface area contributed by atoms with E-state index in [1.807, 2.05) is 13.0 Å². The summed E-state index contributed by atoms with van der Waals surface area (Å²) in [7, 11) is 0. The predicted octanol–water partition coefficient (Wildman–Crippen LogP) is 3.44. The van der Waals surface area contributed by atoms with E-state index in [0.29, 0.717) is 0 Å². The highest BCUT2D eigenvalue weighted by Gasteiger charge is 1.92. The van der Waals surface area contributed by atoms with Gasteiger partial charge in [-0.25, -0.2) is 0 Å². The van der Waals surface area contributed by atoms with Gasteiger partial charge in [0.05, 0.1) is 6.26 Å². The van der Waals surface area contributed by atoms with Gasteiger partial charge in [-0.2, -0.15) is 0 Å². The summed E-state index contributed by atoms with van der Waals surface area (Å²) in [5.41, 5.74) is 0.910. The Morgan fingerprint density at radius 2 is 2.18 bits per heavy atom. The van der Waals surface area contributed by atoms with Gasteiger partial charge in [-0.1, -0.05) is 32.4 Å². The maximum Gasteiger partial charge on any atom is 0.0820 e. The SMILES string of the molecule is CCC(C)CC=CC(C)=CO. The highest BCUT2D eigenvalue weighted by atomic mass is 16.2. The summed E-state index contributed by atoms with van der Waals surface area (Å²) in [5, 5.41) is 8.54. The number of rotatable bonds is 4. The monoisotopic (exact) mass is 154 g/mol. The average Bonchev–Trinajstić information content (AvgIpc) is 2.04. The van der Waals surface area contributed by atoms with Crippen LogP contribution in [0.1, 0.15) is 33.6 Å². The van der Waals surface area contributed by atoms with Crippen LogP contribution in [0, 0.1) is 5.92 Å². The fourth-order valence-corrected chi connectivity index (χ4v) is 0.696. The predicted molar refractivity (Wildman–Crippen MR) is 49.6 cm³/mol. The minimum absolute atomic E-state index is 0.748. The average molecular weight is 154 g/mol. The van der Waals surface area contributed by atoms with Crippen LogP contribution in [0.15, 0.2) is 24.0 Å². The van der Waals surface area contributed by atoms with Crippen LogP contribution < -0.4 is 0 Å². The van der Waals surface area contributed by atoms with Gasteiger partial charge in [0.1, 0.15) is 0 Å². The lowest BCUT2D eigenvalue weighted by Gasteiger charge is -2.01. The lowest BCUT2D eigenvalue weighted by Crippen LogP contribution is -1.87. The Hall–Kier alpha value is -0.720. The van der Waals surface area contributed by atoms with Crippen LogP contribution in [0.5, 0.6) is 0 Å². The summed E-state index contributed by atoms with van der Waals surface area (Å²) in [4.78, 5) is 0. The van der Waals surface area contributed by atoms with Crippen molar-refractivity contribution in [3.8, 4) is 0 Å². The van der Waals surface area contributed by atoms with Crippen LogP contribution in [-0.2, 0) is 0 Å². The van der Waals surface area contributed by atoms with Crippen LogP contribution in [0.2, 0.25) is 0 Å². The topological polar surface area (TPSA) is 20.2 Å². The number of allylic oxidation sites excluding steroid dienone is 3. The molecule has 0 saturated carbocycles. The summed E-state index contributed by atoms with van der Waals surface area (Å²) in [5.74, 6) is 0.748. The van der Waals surface area contributed by atoms with Crippen LogP contribution in [0.3, 0.4) is 0 Å². The van der Waals surface area contributed by atoms with E-state index < -0.39 is 0 Å². The van der Waals surface area contributed by atoms with Crippen molar-refractivity contribution < 1.29 is 5.11 Å². The van der Waals surface area contributed by atoms with Crippen molar-refractivity contribution in [1.29, 1.82) is 0 Å². The first-order valence-electron chi connectivity index (χ1n) is 4.18. The zero-order valence-corrected chi connectivity index (χ0v) is 7.67. The summed E-state index contributed by atoms with van der Waals surface area (Å²) in [6.07, 6.45) is 7.50. The zero-order valence-electron chi connectivity index (χ0n) is 7.67. The zero-order chi connectivity index (χ0) is 8.69. The molecule has 1 unspecified atom stereocenters. The third-order valence-corrected chi connectivity index (χ3v) is 1.82. The molecule has 64 valence electrons. The van der Waals surface area contributed by atoms with Gasteiger partial charge < -0.3 is 5.11 Å². The fraction of sp³-hybridized carbons (Fsp3) is 0.600. The Balaban J connectivity index is 3.60. The number of aliphatic hydroxyl groups excluding tert-OH is 1. The van der Waals surface area contributed by atoms with Crippen LogP contribution in [0.4, 0.5) is 0 Å². The molecule has 0 aliphatic heterocycles. The van der Waals surface area contributed by atoms with E-state index >= 15 is 0 Å². The molecule has 0 amide bonds. The van der Waals surface area contributed by atoms with E-state index in [0.717, 1.165) is 24.2 Å². The maximum absolute atomic E-state index is 8.54. The van der Waals surface area contributed by atoms with Crippen LogP contribution >= 0.6 is 0 Å². The van der Waals surface area contributed by atoms with Crippen LogP contribution in [-0.4, -0.2) is 5.11 Å². The standard InChI is InChI=1S/C10H18O/c1-4-9(2)6-5-7-10(3)8-11/h5,7-9,11H,4,6H2,1-3H3. The van der Waals surface area contributed by atoms with Gasteiger partial charge in [0.15, 0.2) is 0 Å². The van der Waals surface area contributed by atoms with Crippen molar-refractivity contribution in [2.75, 3.05) is 0 Å². The van der Waals surface area contributed by atoms with E-state index in [-0.39, 0.29) is 0 Å². The second-order valence-corrected chi connectivity index (χ2v) is 3.02. The van der Waals surface area contributed by atoms with Gasteiger partial charge in [-0.05, 0) is 24.8 Å². The summed E-state index contributed by atoms with van der Waals surface area (Å²) < 4.78 is 0. The molecule has 11 heavy (non-hydrogen) atoms. The van der Waals surface area contributed by atoms with Crippen molar-refractivity contribution in [1.82, 2.24) is 0 Å². The second kappa shape index (κ2) is 6.02. The Morgan fingerprint density at radius 3 is 2.64 bits per heavy atom. The second-order valence-electron chi connectivity index (χ2n) is 3.02. The first-order valence-corrected chi connectivity index (χ1v) is 4.18. The highest BCUT2D eigenvalue weighted by molar-refractivity contribution is 5.12. The minimum atomic E-state index is 0.748. The van der Waals surface area contributed by atoms with Crippen molar-refractivity contribution in [3.05, 3.63) is 24.0 Å². The Bertz CT molecular complexity index is 145. The van der Waals surface area contributed by atoms with Gasteiger partial charge in [0, 0.05) is 0 Å². The largest absolute Gasteiger partial charge is 0.515 e. The Kier molecular flexibility index (Phi) is 5.63. The van der Waals surface area contributed by atoms with E-state index in [9.17, 15) is 0 Å². The quantitative estimate of drug-likeness (QED) is 0.486. The van der Waals surface area contributed by atoms with Gasteiger partial charge >= 0.3 is 0 Å². The number of aliphatic hydroxyl groups is 1. The smallest absolute Gasteiger partial charge is 0.0820 e. The van der Waals surface area contributed by atoms with Gasteiger partial charge in [0.2, 0.25) is 0 Å². The number of hydrogen-bond donors (Lipinski definition) is 1. The lowest BCUT2D eigenvalue weighted by molar-refractivity contribution is 0.469. The van der Waals surface area contributed by atoms with Gasteiger partial charge in [-0.3, -0.25) is 0 Å². The molecular formula is C10H18O. The molecule has 0 aromatic carbocycles. The summed E-state index contributed by atoms with van der Waals surface area (Å²) in [6.45, 7) is 6.29. The molecule has 1 heteroatoms. The van der Waals surface area contributed by atoms with Crippen molar-refractivity contribution in [3.63, 3.8) is 0 Å². The molecule has 0 aromatic rings. The molecule has 1 nitrogen and oxygen atoms in total. The molecule has 1 atom stereocenters. The van der Waals surface area contributed by atoms with E-state index in [4.69, 9.17) is 5.11 Å². The minimum Gasteiger partial charge on any atom is -0.515 e.